The Morgan fingerprint density at radius 1 is 0.977 bits per heavy atom. The Morgan fingerprint density at radius 2 is 1.79 bits per heavy atom. The highest BCUT2D eigenvalue weighted by atomic mass is 32.1. The van der Waals surface area contributed by atoms with Crippen molar-refractivity contribution in [2.24, 2.45) is 5.92 Å². The molecule has 2 fully saturated rings. The van der Waals surface area contributed by atoms with Crippen LogP contribution in [0.5, 0.6) is 0 Å². The summed E-state index contributed by atoms with van der Waals surface area (Å²) in [6.45, 7) is 3.54. The number of ether oxygens (including phenoxy) is 1. The minimum Gasteiger partial charge on any atom is -0.383 e. The monoisotopic (exact) mass is 591 g/mol. The fourth-order valence-corrected chi connectivity index (χ4v) is 7.35. The van der Waals surface area contributed by atoms with Gasteiger partial charge in [0.2, 0.25) is 0 Å². The quantitative estimate of drug-likeness (QED) is 0.254. The van der Waals surface area contributed by atoms with Crippen molar-refractivity contribution in [2.45, 2.75) is 57.8 Å². The third-order valence-electron chi connectivity index (χ3n) is 8.89. The lowest BCUT2D eigenvalue weighted by molar-refractivity contribution is 0.0984. The highest BCUT2D eigenvalue weighted by molar-refractivity contribution is 7.18. The number of piperidine rings is 1. The molecule has 5 heterocycles. The van der Waals surface area contributed by atoms with E-state index in [0.29, 0.717) is 43.0 Å². The Bertz CT molecular complexity index is 1840. The molecule has 2 aromatic carbocycles. The van der Waals surface area contributed by atoms with Crippen molar-refractivity contribution in [3.05, 3.63) is 81.9 Å². The molecule has 0 radical (unpaired) electrons. The van der Waals surface area contributed by atoms with Gasteiger partial charge in [0.1, 0.15) is 11.6 Å². The number of hydrogen-bond donors (Lipinski definition) is 2. The summed E-state index contributed by atoms with van der Waals surface area (Å²) < 4.78 is 6.79. The van der Waals surface area contributed by atoms with E-state index in [9.17, 15) is 4.79 Å². The topological polar surface area (TPSA) is 119 Å². The molecule has 1 amide bonds. The highest BCUT2D eigenvalue weighted by Gasteiger charge is 2.28. The van der Waals surface area contributed by atoms with Crippen LogP contribution in [0.1, 0.15) is 69.5 Å². The first-order valence-electron chi connectivity index (χ1n) is 15.1. The van der Waals surface area contributed by atoms with Gasteiger partial charge < -0.3 is 20.7 Å². The van der Waals surface area contributed by atoms with E-state index in [2.05, 4.69) is 38.5 Å². The zero-order valence-electron chi connectivity index (χ0n) is 23.9. The molecule has 2 aliphatic heterocycles. The van der Waals surface area contributed by atoms with E-state index in [-0.39, 0.29) is 5.91 Å². The Balaban J connectivity index is 1.14. The molecule has 0 unspecified atom stereocenters. The number of rotatable bonds is 7. The van der Waals surface area contributed by atoms with Crippen LogP contribution >= 0.6 is 11.3 Å². The maximum absolute atomic E-state index is 14.1. The summed E-state index contributed by atoms with van der Waals surface area (Å²) in [7, 11) is 0. The van der Waals surface area contributed by atoms with Gasteiger partial charge in [-0.2, -0.15) is 0 Å². The lowest BCUT2D eigenvalue weighted by Crippen LogP contribution is -2.30. The first-order chi connectivity index (χ1) is 21.1. The molecule has 0 spiro atoms. The lowest BCUT2D eigenvalue weighted by Gasteiger charge is -2.23. The first kappa shape index (κ1) is 26.6. The average Bonchev–Trinajstić information content (AvgIpc) is 3.61. The number of anilines is 2. The maximum atomic E-state index is 14.1. The largest absolute Gasteiger partial charge is 0.383 e. The Labute approximate surface area is 253 Å². The summed E-state index contributed by atoms with van der Waals surface area (Å²) in [5.74, 6) is 2.27. The minimum atomic E-state index is -0.151. The van der Waals surface area contributed by atoms with Crippen LogP contribution in [0, 0.1) is 5.92 Å². The van der Waals surface area contributed by atoms with Gasteiger partial charge in [-0.05, 0) is 80.1 Å². The molecule has 3 aliphatic rings. The molecule has 1 saturated carbocycles. The van der Waals surface area contributed by atoms with Crippen LogP contribution in [0.3, 0.4) is 0 Å². The van der Waals surface area contributed by atoms with Crippen molar-refractivity contribution < 1.29 is 9.53 Å². The molecule has 10 heteroatoms. The molecule has 3 aromatic heterocycles. The van der Waals surface area contributed by atoms with Crippen molar-refractivity contribution >= 4 is 49.9 Å². The van der Waals surface area contributed by atoms with Crippen molar-refractivity contribution in [3.8, 4) is 0 Å². The number of pyridine rings is 1. The number of carbonyl (C=O) groups excluding carboxylic acids is 1. The summed E-state index contributed by atoms with van der Waals surface area (Å²) in [4.78, 5) is 34.6. The van der Waals surface area contributed by atoms with Crippen LogP contribution in [0.25, 0.3) is 21.1 Å². The summed E-state index contributed by atoms with van der Waals surface area (Å²) in [6, 6.07) is 12.3. The number of nitrogens with two attached hydrogens (primary N) is 1. The predicted molar refractivity (Wildman–Crippen MR) is 168 cm³/mol. The highest BCUT2D eigenvalue weighted by Crippen LogP contribution is 2.38. The number of carbonyl (C=O) groups is 1. The minimum absolute atomic E-state index is 0.151. The van der Waals surface area contributed by atoms with Gasteiger partial charge in [0.05, 0.1) is 46.1 Å². The summed E-state index contributed by atoms with van der Waals surface area (Å²) in [5.41, 5.74) is 12.3. The van der Waals surface area contributed by atoms with Crippen LogP contribution in [0.15, 0.2) is 48.8 Å². The molecule has 1 saturated heterocycles. The van der Waals surface area contributed by atoms with Crippen molar-refractivity contribution in [2.75, 3.05) is 23.7 Å². The van der Waals surface area contributed by atoms with Gasteiger partial charge in [-0.1, -0.05) is 12.1 Å². The molecule has 8 rings (SSSR count). The average molecular weight is 592 g/mol. The summed E-state index contributed by atoms with van der Waals surface area (Å²) >= 11 is 1.76. The molecule has 1 aliphatic carbocycles. The van der Waals surface area contributed by atoms with E-state index in [1.807, 2.05) is 18.2 Å². The van der Waals surface area contributed by atoms with Crippen molar-refractivity contribution in [1.29, 1.82) is 0 Å². The molecule has 9 nitrogen and oxygen atoms in total. The second-order valence-corrected chi connectivity index (χ2v) is 13.1. The van der Waals surface area contributed by atoms with Gasteiger partial charge in [-0.25, -0.2) is 19.9 Å². The van der Waals surface area contributed by atoms with Gasteiger partial charge in [0.15, 0.2) is 0 Å². The zero-order chi connectivity index (χ0) is 28.9. The number of hydrogen-bond acceptors (Lipinski definition) is 9. The van der Waals surface area contributed by atoms with Gasteiger partial charge in [-0.3, -0.25) is 4.79 Å². The van der Waals surface area contributed by atoms with E-state index in [4.69, 9.17) is 15.5 Å². The van der Waals surface area contributed by atoms with Gasteiger partial charge >= 0.3 is 0 Å². The van der Waals surface area contributed by atoms with Crippen LogP contribution in [-0.2, 0) is 30.9 Å². The second-order valence-electron chi connectivity index (χ2n) is 12.0. The fraction of sp³-hybridized carbons (Fsp3) is 0.364. The van der Waals surface area contributed by atoms with E-state index in [1.165, 1.54) is 12.8 Å². The third kappa shape index (κ3) is 5.24. The number of amides is 1. The van der Waals surface area contributed by atoms with E-state index in [1.54, 1.807) is 28.6 Å². The van der Waals surface area contributed by atoms with Crippen LogP contribution in [0.4, 0.5) is 11.5 Å². The number of fused-ring (bicyclic) bond motifs is 4. The Kier molecular flexibility index (Phi) is 6.77. The van der Waals surface area contributed by atoms with Crippen molar-refractivity contribution in [1.82, 2.24) is 25.3 Å². The number of thiazole rings is 1. The van der Waals surface area contributed by atoms with E-state index in [0.717, 1.165) is 86.7 Å². The number of benzene rings is 2. The molecule has 0 atom stereocenters. The maximum Gasteiger partial charge on any atom is 0.261 e. The van der Waals surface area contributed by atoms with Gasteiger partial charge in [0.25, 0.3) is 5.91 Å². The Hall–Kier alpha value is -3.99. The molecule has 0 bridgehead atoms. The Morgan fingerprint density at radius 3 is 2.60 bits per heavy atom. The van der Waals surface area contributed by atoms with Gasteiger partial charge in [0, 0.05) is 41.4 Å². The first-order valence-corrected chi connectivity index (χ1v) is 15.9. The molecular weight excluding hydrogens is 558 g/mol. The third-order valence-corrected chi connectivity index (χ3v) is 9.95. The standard InChI is InChI=1S/C33H33N7O2S/c34-31-26-18-42-17-25(26)24-5-1-20(11-27(24)39-31)16-40(33(41)22-14-36-32(37-15-22)21-2-3-21)23-4-6-29-28(13-23)38-30(43-29)12-19-7-9-35-10-8-19/h1,4-6,11,13-15,19,21,35H,2-3,7-10,12,16-18H2,(H2,34,39). The summed E-state index contributed by atoms with van der Waals surface area (Å²) in [5, 5.41) is 5.65. The zero-order valence-corrected chi connectivity index (χ0v) is 24.7. The van der Waals surface area contributed by atoms with Crippen LogP contribution < -0.4 is 16.0 Å². The second kappa shape index (κ2) is 10.9. The summed E-state index contributed by atoms with van der Waals surface area (Å²) in [6.07, 6.45) is 8.94. The molecule has 3 N–H and O–H groups in total. The fourth-order valence-electron chi connectivity index (χ4n) is 6.29. The van der Waals surface area contributed by atoms with Gasteiger partial charge in [-0.15, -0.1) is 11.3 Å². The van der Waals surface area contributed by atoms with Crippen LogP contribution in [-0.4, -0.2) is 38.9 Å². The molecule has 5 aromatic rings. The SMILES string of the molecule is Nc1nc2cc(CN(C(=O)c3cnc(C4CC4)nc3)c3ccc4sc(CC5CCNCC5)nc4c3)ccc2c2c1COC2. The van der Waals surface area contributed by atoms with E-state index >= 15 is 0 Å². The number of aromatic nitrogens is 4. The molecular formula is C33H33N7O2S. The lowest BCUT2D eigenvalue weighted by atomic mass is 9.95. The number of nitrogens with one attached hydrogen (secondary N) is 1. The normalized spacial score (nSPS) is 17.0. The van der Waals surface area contributed by atoms with Crippen LogP contribution in [0.2, 0.25) is 0 Å². The predicted octanol–water partition coefficient (Wildman–Crippen LogP) is 5.51. The number of nitrogen functional groups attached to an aromatic ring is 1. The number of nitrogens with zero attached hydrogens (tertiary/aromatic N) is 5. The molecule has 218 valence electrons. The smallest absolute Gasteiger partial charge is 0.261 e. The van der Waals surface area contributed by atoms with Crippen molar-refractivity contribution in [3.63, 3.8) is 0 Å². The van der Waals surface area contributed by atoms with E-state index < -0.39 is 0 Å². The molecule has 43 heavy (non-hydrogen) atoms.